The third kappa shape index (κ3) is 7.45. The van der Waals surface area contributed by atoms with E-state index < -0.39 is 5.60 Å². The minimum Gasteiger partial charge on any atom is -0.496 e. The SMILES string of the molecule is COc1ccc(-c2cc(C)nc(C)c2)cc1CN(C(=O)c1sc2ccccc2c1Cl)[C@H]1CC[C@H](N(C)C(=O)OC(C)(C)C)CC1. The Bertz CT molecular complexity index is 1680. The fourth-order valence-corrected chi connectivity index (χ4v) is 7.62. The number of halogens is 1. The fraction of sp³-hybridized carbons (Fsp3) is 0.417. The highest BCUT2D eigenvalue weighted by Crippen LogP contribution is 2.39. The molecule has 0 radical (unpaired) electrons. The number of rotatable bonds is 7. The number of amides is 2. The number of thiophene rings is 1. The molecule has 0 saturated heterocycles. The Hall–Kier alpha value is -3.62. The number of ether oxygens (including phenoxy) is 2. The lowest BCUT2D eigenvalue weighted by atomic mass is 9.89. The van der Waals surface area contributed by atoms with Gasteiger partial charge in [0.1, 0.15) is 16.2 Å². The van der Waals surface area contributed by atoms with Gasteiger partial charge in [-0.15, -0.1) is 11.3 Å². The van der Waals surface area contributed by atoms with Crippen molar-refractivity contribution in [1.82, 2.24) is 14.8 Å². The molecule has 2 aromatic carbocycles. The molecule has 1 aliphatic rings. The summed E-state index contributed by atoms with van der Waals surface area (Å²) in [5.74, 6) is 0.632. The lowest BCUT2D eigenvalue weighted by molar-refractivity contribution is 0.0144. The number of pyridine rings is 1. The van der Waals surface area contributed by atoms with E-state index in [0.717, 1.165) is 69.6 Å². The second-order valence-corrected chi connectivity index (χ2v) is 14.3. The number of nitrogens with zero attached hydrogens (tertiary/aromatic N) is 3. The van der Waals surface area contributed by atoms with Crippen LogP contribution in [-0.4, -0.2) is 58.6 Å². The molecule has 0 atom stereocenters. The summed E-state index contributed by atoms with van der Waals surface area (Å²) < 4.78 is 12.4. The van der Waals surface area contributed by atoms with Gasteiger partial charge >= 0.3 is 6.09 Å². The molecule has 7 nitrogen and oxygen atoms in total. The summed E-state index contributed by atoms with van der Waals surface area (Å²) in [7, 11) is 3.46. The predicted octanol–water partition coefficient (Wildman–Crippen LogP) is 9.06. The van der Waals surface area contributed by atoms with Crippen LogP contribution in [0.5, 0.6) is 5.75 Å². The zero-order chi connectivity index (χ0) is 32.5. The highest BCUT2D eigenvalue weighted by Gasteiger charge is 2.35. The number of aryl methyl sites for hydroxylation is 2. The maximum absolute atomic E-state index is 14.5. The Labute approximate surface area is 275 Å². The Balaban J connectivity index is 1.47. The second kappa shape index (κ2) is 13.4. The molecule has 0 aliphatic heterocycles. The first kappa shape index (κ1) is 32.8. The van der Waals surface area contributed by atoms with Gasteiger partial charge in [0.25, 0.3) is 5.91 Å². The molecule has 0 unspecified atom stereocenters. The third-order valence-electron chi connectivity index (χ3n) is 8.36. The Morgan fingerprint density at radius 2 is 1.60 bits per heavy atom. The first-order valence-corrected chi connectivity index (χ1v) is 16.6. The van der Waals surface area contributed by atoms with Gasteiger partial charge in [-0.05, 0) is 102 Å². The van der Waals surface area contributed by atoms with Crippen molar-refractivity contribution in [2.45, 2.75) is 84.5 Å². The summed E-state index contributed by atoms with van der Waals surface area (Å²) in [6.07, 6.45) is 2.70. The molecule has 45 heavy (non-hydrogen) atoms. The van der Waals surface area contributed by atoms with Crippen LogP contribution in [0.3, 0.4) is 0 Å². The van der Waals surface area contributed by atoms with E-state index in [1.54, 1.807) is 19.1 Å². The molecular weight excluding hydrogens is 606 g/mol. The van der Waals surface area contributed by atoms with Gasteiger partial charge in [0, 0.05) is 52.7 Å². The minimum absolute atomic E-state index is 0.0389. The lowest BCUT2D eigenvalue weighted by Gasteiger charge is -2.40. The van der Waals surface area contributed by atoms with Crippen molar-refractivity contribution in [3.8, 4) is 16.9 Å². The largest absolute Gasteiger partial charge is 0.496 e. The maximum Gasteiger partial charge on any atom is 0.410 e. The number of aromatic nitrogens is 1. The molecule has 4 aromatic rings. The van der Waals surface area contributed by atoms with Crippen LogP contribution < -0.4 is 4.74 Å². The van der Waals surface area contributed by atoms with Crippen LogP contribution in [0.15, 0.2) is 54.6 Å². The summed E-state index contributed by atoms with van der Waals surface area (Å²) >= 11 is 8.29. The van der Waals surface area contributed by atoms with Crippen molar-refractivity contribution in [2.24, 2.45) is 0 Å². The van der Waals surface area contributed by atoms with E-state index in [-0.39, 0.29) is 24.1 Å². The van der Waals surface area contributed by atoms with Crippen LogP contribution in [0.1, 0.15) is 73.1 Å². The second-order valence-electron chi connectivity index (χ2n) is 12.9. The normalized spacial score (nSPS) is 16.8. The van der Waals surface area contributed by atoms with Gasteiger partial charge in [-0.1, -0.05) is 35.9 Å². The van der Waals surface area contributed by atoms with Gasteiger partial charge in [-0.2, -0.15) is 0 Å². The van der Waals surface area contributed by atoms with Crippen molar-refractivity contribution >= 4 is 45.0 Å². The fourth-order valence-electron chi connectivity index (χ4n) is 6.16. The monoisotopic (exact) mass is 647 g/mol. The Kier molecular flexibility index (Phi) is 9.75. The smallest absolute Gasteiger partial charge is 0.410 e. The molecule has 238 valence electrons. The van der Waals surface area contributed by atoms with E-state index in [1.807, 2.05) is 75.9 Å². The van der Waals surface area contributed by atoms with Crippen LogP contribution in [0, 0.1) is 13.8 Å². The average molecular weight is 648 g/mol. The number of hydrogen-bond acceptors (Lipinski definition) is 6. The molecule has 2 amide bonds. The summed E-state index contributed by atoms with van der Waals surface area (Å²) in [5.41, 5.74) is 4.37. The standard InChI is InChI=1S/C36H42ClN3O4S/c1-22-18-25(19-23(2)38-22)24-12-17-30(43-7)26(20-24)21-40(34(41)33-32(37)29-10-8-9-11-31(29)45-33)28-15-13-27(14-16-28)39(6)35(42)44-36(3,4)5/h8-12,17-20,27-28H,13-16,21H2,1-7H3/t27-,28-. The quantitative estimate of drug-likeness (QED) is 0.200. The van der Waals surface area contributed by atoms with E-state index in [2.05, 4.69) is 23.2 Å². The molecule has 9 heteroatoms. The van der Waals surface area contributed by atoms with Crippen molar-refractivity contribution in [1.29, 1.82) is 0 Å². The van der Waals surface area contributed by atoms with E-state index in [0.29, 0.717) is 16.4 Å². The number of carbonyl (C=O) groups is 2. The first-order valence-electron chi connectivity index (χ1n) is 15.4. The summed E-state index contributed by atoms with van der Waals surface area (Å²) in [6.45, 7) is 9.97. The summed E-state index contributed by atoms with van der Waals surface area (Å²) in [6, 6.07) is 18.1. The molecular formula is C36H42ClN3O4S. The van der Waals surface area contributed by atoms with Crippen LogP contribution >= 0.6 is 22.9 Å². The molecule has 1 saturated carbocycles. The van der Waals surface area contributed by atoms with E-state index in [1.165, 1.54) is 11.3 Å². The minimum atomic E-state index is -0.559. The average Bonchev–Trinajstić information content (AvgIpc) is 3.34. The number of hydrogen-bond donors (Lipinski definition) is 0. The molecule has 5 rings (SSSR count). The Morgan fingerprint density at radius 3 is 2.22 bits per heavy atom. The zero-order valence-electron chi connectivity index (χ0n) is 27.1. The molecule has 0 spiro atoms. The molecule has 1 fully saturated rings. The lowest BCUT2D eigenvalue weighted by Crippen LogP contribution is -2.47. The van der Waals surface area contributed by atoms with Gasteiger partial charge in [0.05, 0.1) is 12.1 Å². The number of methoxy groups -OCH3 is 1. The van der Waals surface area contributed by atoms with Crippen molar-refractivity contribution in [3.63, 3.8) is 0 Å². The maximum atomic E-state index is 14.5. The van der Waals surface area contributed by atoms with Crippen molar-refractivity contribution in [2.75, 3.05) is 14.2 Å². The van der Waals surface area contributed by atoms with E-state index in [4.69, 9.17) is 21.1 Å². The molecule has 0 bridgehead atoms. The predicted molar refractivity (Wildman–Crippen MR) is 182 cm³/mol. The van der Waals surface area contributed by atoms with Gasteiger partial charge in [-0.25, -0.2) is 4.79 Å². The van der Waals surface area contributed by atoms with Crippen LogP contribution in [0.25, 0.3) is 21.2 Å². The van der Waals surface area contributed by atoms with Gasteiger partial charge in [0.15, 0.2) is 0 Å². The first-order chi connectivity index (χ1) is 21.3. The number of benzene rings is 2. The summed E-state index contributed by atoms with van der Waals surface area (Å²) in [5, 5.41) is 1.38. The van der Waals surface area contributed by atoms with E-state index >= 15 is 0 Å². The molecule has 1 aliphatic carbocycles. The van der Waals surface area contributed by atoms with Crippen LogP contribution in [0.2, 0.25) is 5.02 Å². The molecule has 0 N–H and O–H groups in total. The van der Waals surface area contributed by atoms with Crippen LogP contribution in [0.4, 0.5) is 4.79 Å². The van der Waals surface area contributed by atoms with Crippen molar-refractivity contribution in [3.05, 3.63) is 81.4 Å². The zero-order valence-corrected chi connectivity index (χ0v) is 28.7. The van der Waals surface area contributed by atoms with Gasteiger partial charge < -0.3 is 19.3 Å². The van der Waals surface area contributed by atoms with Gasteiger partial charge in [-0.3, -0.25) is 9.78 Å². The Morgan fingerprint density at radius 1 is 0.956 bits per heavy atom. The number of carbonyl (C=O) groups excluding carboxylic acids is 2. The molecule has 2 aromatic heterocycles. The van der Waals surface area contributed by atoms with Crippen molar-refractivity contribution < 1.29 is 19.1 Å². The molecule has 2 heterocycles. The third-order valence-corrected chi connectivity index (χ3v) is 10.0. The highest BCUT2D eigenvalue weighted by atomic mass is 35.5. The van der Waals surface area contributed by atoms with E-state index in [9.17, 15) is 9.59 Å². The van der Waals surface area contributed by atoms with Crippen LogP contribution in [-0.2, 0) is 11.3 Å². The summed E-state index contributed by atoms with van der Waals surface area (Å²) in [4.78, 5) is 36.0. The highest BCUT2D eigenvalue weighted by molar-refractivity contribution is 7.21. The van der Waals surface area contributed by atoms with Gasteiger partial charge in [0.2, 0.25) is 0 Å². The number of fused-ring (bicyclic) bond motifs is 1. The topological polar surface area (TPSA) is 72.0 Å².